The molecule has 0 aromatic heterocycles. The smallest absolute Gasteiger partial charge is 0.340 e. The number of nitrogens with one attached hydrogen (secondary N) is 1. The Morgan fingerprint density at radius 1 is 0.967 bits per heavy atom. The number of esters is 1. The fraction of sp³-hybridized carbons (Fsp3) is 0.0909. The van der Waals surface area contributed by atoms with Gasteiger partial charge in [0.15, 0.2) is 6.61 Å². The van der Waals surface area contributed by atoms with Gasteiger partial charge in [-0.05, 0) is 17.2 Å². The van der Waals surface area contributed by atoms with Crippen LogP contribution < -0.4 is 5.32 Å². The molecule has 3 rings (SSSR count). The summed E-state index contributed by atoms with van der Waals surface area (Å²) in [4.78, 5) is 34.8. The predicted molar refractivity (Wildman–Crippen MR) is 111 cm³/mol. The van der Waals surface area contributed by atoms with Crippen molar-refractivity contribution in [2.45, 2.75) is 6.04 Å². The zero-order valence-corrected chi connectivity index (χ0v) is 16.4. The molecule has 3 aromatic carbocycles. The second-order valence-corrected chi connectivity index (χ2v) is 6.73. The summed E-state index contributed by atoms with van der Waals surface area (Å²) in [7, 11) is 0. The highest BCUT2D eigenvalue weighted by Crippen LogP contribution is 2.24. The summed E-state index contributed by atoms with van der Waals surface area (Å²) in [6.45, 7) is -0.525. The molecular formula is C22H17ClN2O5. The minimum atomic E-state index is -0.846. The van der Waals surface area contributed by atoms with E-state index in [0.29, 0.717) is 0 Å². The first kappa shape index (κ1) is 21.0. The zero-order chi connectivity index (χ0) is 21.5. The average Bonchev–Trinajstić information content (AvgIpc) is 2.77. The molecule has 0 radical (unpaired) electrons. The maximum atomic E-state index is 12.5. The molecule has 0 bridgehead atoms. The highest BCUT2D eigenvalue weighted by Gasteiger charge is 2.20. The lowest BCUT2D eigenvalue weighted by molar-refractivity contribution is -0.384. The van der Waals surface area contributed by atoms with Crippen molar-refractivity contribution in [3.8, 4) is 0 Å². The number of amides is 1. The predicted octanol–water partition coefficient (Wildman–Crippen LogP) is 4.31. The van der Waals surface area contributed by atoms with E-state index in [1.807, 2.05) is 60.7 Å². The van der Waals surface area contributed by atoms with Crippen molar-refractivity contribution in [2.75, 3.05) is 6.61 Å². The monoisotopic (exact) mass is 424 g/mol. The van der Waals surface area contributed by atoms with E-state index < -0.39 is 29.4 Å². The van der Waals surface area contributed by atoms with E-state index in [-0.39, 0.29) is 16.3 Å². The van der Waals surface area contributed by atoms with Crippen LogP contribution in [0.2, 0.25) is 5.02 Å². The van der Waals surface area contributed by atoms with E-state index in [4.69, 9.17) is 16.3 Å². The third kappa shape index (κ3) is 5.21. The van der Waals surface area contributed by atoms with Crippen LogP contribution in [-0.2, 0) is 9.53 Å². The van der Waals surface area contributed by atoms with Crippen molar-refractivity contribution in [1.82, 2.24) is 5.32 Å². The van der Waals surface area contributed by atoms with E-state index in [0.717, 1.165) is 23.3 Å². The minimum absolute atomic E-state index is 0.0577. The van der Waals surface area contributed by atoms with Crippen LogP contribution in [0.3, 0.4) is 0 Å². The van der Waals surface area contributed by atoms with Crippen molar-refractivity contribution in [2.24, 2.45) is 0 Å². The van der Waals surface area contributed by atoms with Crippen molar-refractivity contribution < 1.29 is 19.2 Å². The Morgan fingerprint density at radius 3 is 2.03 bits per heavy atom. The number of hydrogen-bond acceptors (Lipinski definition) is 5. The standard InChI is InChI=1S/C22H17ClN2O5/c23-19-13-17(25(28)29)11-12-18(19)22(27)30-14-20(26)24-21(15-7-3-1-4-8-15)16-9-5-2-6-10-16/h1-13,21H,14H2,(H,24,26). The molecule has 0 atom stereocenters. The number of rotatable bonds is 7. The van der Waals surface area contributed by atoms with Gasteiger partial charge in [0.2, 0.25) is 0 Å². The summed E-state index contributed by atoms with van der Waals surface area (Å²) in [5.74, 6) is -1.35. The van der Waals surface area contributed by atoms with Crippen molar-refractivity contribution in [3.63, 3.8) is 0 Å². The van der Waals surface area contributed by atoms with E-state index in [2.05, 4.69) is 5.32 Å². The highest BCUT2D eigenvalue weighted by atomic mass is 35.5. The maximum Gasteiger partial charge on any atom is 0.340 e. The van der Waals surface area contributed by atoms with Crippen molar-refractivity contribution >= 4 is 29.2 Å². The number of ether oxygens (including phenoxy) is 1. The Kier molecular flexibility index (Phi) is 6.77. The Labute approximate surface area is 177 Å². The van der Waals surface area contributed by atoms with Crippen LogP contribution in [0.5, 0.6) is 0 Å². The lowest BCUT2D eigenvalue weighted by Gasteiger charge is -2.20. The lowest BCUT2D eigenvalue weighted by Crippen LogP contribution is -2.33. The number of halogens is 1. The van der Waals surface area contributed by atoms with Crippen LogP contribution in [-0.4, -0.2) is 23.4 Å². The van der Waals surface area contributed by atoms with Crippen LogP contribution >= 0.6 is 11.6 Å². The summed E-state index contributed by atoms with van der Waals surface area (Å²) >= 11 is 5.92. The number of nitro benzene ring substituents is 1. The minimum Gasteiger partial charge on any atom is -0.452 e. The molecule has 0 saturated heterocycles. The number of benzene rings is 3. The Morgan fingerprint density at radius 2 is 1.53 bits per heavy atom. The fourth-order valence-corrected chi connectivity index (χ4v) is 3.10. The lowest BCUT2D eigenvalue weighted by atomic mass is 9.99. The molecule has 1 amide bonds. The first-order valence-electron chi connectivity index (χ1n) is 8.96. The first-order valence-corrected chi connectivity index (χ1v) is 9.34. The van der Waals surface area contributed by atoms with Gasteiger partial charge in [-0.3, -0.25) is 14.9 Å². The molecule has 8 heteroatoms. The van der Waals surface area contributed by atoms with Gasteiger partial charge in [0.25, 0.3) is 11.6 Å². The molecule has 0 saturated carbocycles. The normalized spacial score (nSPS) is 10.5. The third-order valence-electron chi connectivity index (χ3n) is 4.29. The number of carbonyl (C=O) groups excluding carboxylic acids is 2. The van der Waals surface area contributed by atoms with E-state index in [1.54, 1.807) is 0 Å². The van der Waals surface area contributed by atoms with Crippen LogP contribution in [0.25, 0.3) is 0 Å². The van der Waals surface area contributed by atoms with Gasteiger partial charge in [0.05, 0.1) is 21.6 Å². The van der Waals surface area contributed by atoms with Crippen LogP contribution in [0, 0.1) is 10.1 Å². The highest BCUT2D eigenvalue weighted by molar-refractivity contribution is 6.33. The molecule has 0 unspecified atom stereocenters. The van der Waals surface area contributed by atoms with Gasteiger partial charge in [-0.25, -0.2) is 4.79 Å². The second kappa shape index (κ2) is 9.67. The molecular weight excluding hydrogens is 408 g/mol. The van der Waals surface area contributed by atoms with Gasteiger partial charge in [-0.2, -0.15) is 0 Å². The summed E-state index contributed by atoms with van der Waals surface area (Å²) in [5.41, 5.74) is 1.45. The third-order valence-corrected chi connectivity index (χ3v) is 4.60. The molecule has 0 aliphatic carbocycles. The number of hydrogen-bond donors (Lipinski definition) is 1. The summed E-state index contributed by atoms with van der Waals surface area (Å²) in [6.07, 6.45) is 0. The van der Waals surface area contributed by atoms with Crippen molar-refractivity contribution in [3.05, 3.63) is 111 Å². The summed E-state index contributed by atoms with van der Waals surface area (Å²) in [6, 6.07) is 21.8. The molecule has 30 heavy (non-hydrogen) atoms. The molecule has 0 aliphatic rings. The molecule has 7 nitrogen and oxygen atoms in total. The Balaban J connectivity index is 1.68. The summed E-state index contributed by atoms with van der Waals surface area (Å²) < 4.78 is 5.04. The van der Waals surface area contributed by atoms with E-state index in [9.17, 15) is 19.7 Å². The number of carbonyl (C=O) groups is 2. The molecule has 152 valence electrons. The Bertz CT molecular complexity index is 1020. The van der Waals surface area contributed by atoms with Gasteiger partial charge in [0.1, 0.15) is 0 Å². The quantitative estimate of drug-likeness (QED) is 0.346. The SMILES string of the molecule is O=C(COC(=O)c1ccc([N+](=O)[O-])cc1Cl)NC(c1ccccc1)c1ccccc1. The fourth-order valence-electron chi connectivity index (χ4n) is 2.84. The summed E-state index contributed by atoms with van der Waals surface area (Å²) in [5, 5.41) is 13.5. The second-order valence-electron chi connectivity index (χ2n) is 6.32. The molecule has 0 heterocycles. The maximum absolute atomic E-state index is 12.5. The molecule has 1 N–H and O–H groups in total. The van der Waals surface area contributed by atoms with Gasteiger partial charge in [-0.15, -0.1) is 0 Å². The van der Waals surface area contributed by atoms with E-state index in [1.165, 1.54) is 6.07 Å². The Hall–Kier alpha value is -3.71. The number of non-ortho nitro benzene ring substituents is 1. The number of nitrogens with zero attached hydrogens (tertiary/aromatic N) is 1. The van der Waals surface area contributed by atoms with Gasteiger partial charge < -0.3 is 10.1 Å². The van der Waals surface area contributed by atoms with Crippen LogP contribution in [0.4, 0.5) is 5.69 Å². The molecule has 0 fully saturated rings. The van der Waals surface area contributed by atoms with Gasteiger partial charge in [0, 0.05) is 12.1 Å². The zero-order valence-electron chi connectivity index (χ0n) is 15.7. The van der Waals surface area contributed by atoms with E-state index >= 15 is 0 Å². The van der Waals surface area contributed by atoms with Crippen LogP contribution in [0.15, 0.2) is 78.9 Å². The topological polar surface area (TPSA) is 98.5 Å². The van der Waals surface area contributed by atoms with Crippen molar-refractivity contribution in [1.29, 1.82) is 0 Å². The van der Waals surface area contributed by atoms with Gasteiger partial charge in [-0.1, -0.05) is 72.3 Å². The largest absolute Gasteiger partial charge is 0.452 e. The number of nitro groups is 1. The van der Waals surface area contributed by atoms with Crippen LogP contribution in [0.1, 0.15) is 27.5 Å². The molecule has 3 aromatic rings. The average molecular weight is 425 g/mol. The molecule has 0 spiro atoms. The molecule has 0 aliphatic heterocycles. The first-order chi connectivity index (χ1) is 14.5. The van der Waals surface area contributed by atoms with Gasteiger partial charge >= 0.3 is 5.97 Å².